The second kappa shape index (κ2) is 3.31. The summed E-state index contributed by atoms with van der Waals surface area (Å²) >= 11 is 5.98. The molecular formula is C10H9ClN4. The Bertz CT molecular complexity index is 490. The van der Waals surface area contributed by atoms with Gasteiger partial charge in [0.25, 0.3) is 0 Å². The molecule has 4 nitrogen and oxygen atoms in total. The Morgan fingerprint density at radius 2 is 2.27 bits per heavy atom. The van der Waals surface area contributed by atoms with Gasteiger partial charge in [0, 0.05) is 17.8 Å². The predicted octanol–water partition coefficient (Wildman–Crippen LogP) is 2.40. The highest BCUT2D eigenvalue weighted by atomic mass is 35.5. The summed E-state index contributed by atoms with van der Waals surface area (Å²) in [7, 11) is 0. The van der Waals surface area contributed by atoms with Gasteiger partial charge in [0.15, 0.2) is 0 Å². The van der Waals surface area contributed by atoms with E-state index in [1.165, 1.54) is 24.9 Å². The van der Waals surface area contributed by atoms with Crippen LogP contribution in [0.1, 0.15) is 24.5 Å². The van der Waals surface area contributed by atoms with Crippen LogP contribution in [0.25, 0.3) is 11.4 Å². The Kier molecular flexibility index (Phi) is 1.95. The van der Waals surface area contributed by atoms with Crippen molar-refractivity contribution < 1.29 is 0 Å². The maximum atomic E-state index is 5.98. The van der Waals surface area contributed by atoms with Crippen LogP contribution >= 0.6 is 11.6 Å². The van der Waals surface area contributed by atoms with Gasteiger partial charge in [-0.25, -0.2) is 9.97 Å². The Hall–Kier alpha value is -1.42. The van der Waals surface area contributed by atoms with Gasteiger partial charge in [0.2, 0.25) is 0 Å². The van der Waals surface area contributed by atoms with Crippen molar-refractivity contribution >= 4 is 11.6 Å². The number of rotatable bonds is 2. The van der Waals surface area contributed by atoms with Crippen molar-refractivity contribution in [2.24, 2.45) is 0 Å². The van der Waals surface area contributed by atoms with Crippen LogP contribution in [0.2, 0.25) is 5.02 Å². The second-order valence-electron chi connectivity index (χ2n) is 3.70. The summed E-state index contributed by atoms with van der Waals surface area (Å²) in [5, 5.41) is 7.77. The highest BCUT2D eigenvalue weighted by molar-refractivity contribution is 6.32. The topological polar surface area (TPSA) is 54.5 Å². The predicted molar refractivity (Wildman–Crippen MR) is 56.6 cm³/mol. The monoisotopic (exact) mass is 220 g/mol. The van der Waals surface area contributed by atoms with E-state index in [1.807, 2.05) is 6.07 Å². The van der Waals surface area contributed by atoms with Gasteiger partial charge < -0.3 is 0 Å². The molecule has 2 aromatic heterocycles. The van der Waals surface area contributed by atoms with Crippen LogP contribution in [0.3, 0.4) is 0 Å². The number of aromatic nitrogens is 4. The van der Waals surface area contributed by atoms with E-state index in [1.54, 1.807) is 6.20 Å². The van der Waals surface area contributed by atoms with Gasteiger partial charge in [-0.3, -0.25) is 5.10 Å². The minimum Gasteiger partial charge on any atom is -0.282 e. The second-order valence-corrected chi connectivity index (χ2v) is 4.11. The van der Waals surface area contributed by atoms with Crippen LogP contribution in [0.15, 0.2) is 18.6 Å². The van der Waals surface area contributed by atoms with Crippen molar-refractivity contribution in [3.05, 3.63) is 29.3 Å². The summed E-state index contributed by atoms with van der Waals surface area (Å²) in [6.45, 7) is 0. The fraction of sp³-hybridized carbons (Fsp3) is 0.300. The summed E-state index contributed by atoms with van der Waals surface area (Å²) in [4.78, 5) is 7.96. The summed E-state index contributed by atoms with van der Waals surface area (Å²) in [6.07, 6.45) is 5.56. The number of hydrogen-bond acceptors (Lipinski definition) is 3. The van der Waals surface area contributed by atoms with Crippen molar-refractivity contribution in [1.82, 2.24) is 20.2 Å². The Morgan fingerprint density at radius 1 is 1.40 bits per heavy atom. The fourth-order valence-corrected chi connectivity index (χ4v) is 1.76. The molecule has 15 heavy (non-hydrogen) atoms. The van der Waals surface area contributed by atoms with Gasteiger partial charge in [-0.2, -0.15) is 5.10 Å². The van der Waals surface area contributed by atoms with Crippen molar-refractivity contribution in [2.75, 3.05) is 0 Å². The zero-order valence-corrected chi connectivity index (χ0v) is 8.70. The molecular weight excluding hydrogens is 212 g/mol. The molecule has 0 aromatic carbocycles. The van der Waals surface area contributed by atoms with Gasteiger partial charge in [-0.05, 0) is 18.9 Å². The zero-order valence-electron chi connectivity index (χ0n) is 7.94. The van der Waals surface area contributed by atoms with E-state index < -0.39 is 0 Å². The molecule has 0 amide bonds. The molecule has 1 N–H and O–H groups in total. The Labute approximate surface area is 91.7 Å². The van der Waals surface area contributed by atoms with Crippen LogP contribution in [0.5, 0.6) is 0 Å². The van der Waals surface area contributed by atoms with Crippen molar-refractivity contribution in [1.29, 1.82) is 0 Å². The fourth-order valence-electron chi connectivity index (χ4n) is 1.56. The lowest BCUT2D eigenvalue weighted by atomic mass is 10.2. The van der Waals surface area contributed by atoms with E-state index in [2.05, 4.69) is 20.2 Å². The molecule has 1 saturated carbocycles. The minimum atomic E-state index is 0.534. The molecule has 5 heteroatoms. The maximum Gasteiger partial charge on any atom is 0.116 e. The summed E-state index contributed by atoms with van der Waals surface area (Å²) in [6, 6.07) is 2.02. The molecule has 2 aromatic rings. The molecule has 2 heterocycles. The molecule has 0 aliphatic heterocycles. The van der Waals surface area contributed by atoms with Gasteiger partial charge in [-0.1, -0.05) is 11.6 Å². The normalized spacial score (nSPS) is 15.5. The quantitative estimate of drug-likeness (QED) is 0.846. The van der Waals surface area contributed by atoms with E-state index in [9.17, 15) is 0 Å². The summed E-state index contributed by atoms with van der Waals surface area (Å²) in [5.74, 6) is 0.659. The van der Waals surface area contributed by atoms with Crippen LogP contribution in [-0.4, -0.2) is 20.2 Å². The lowest BCUT2D eigenvalue weighted by molar-refractivity contribution is 0.965. The van der Waals surface area contributed by atoms with E-state index in [-0.39, 0.29) is 0 Å². The van der Waals surface area contributed by atoms with Crippen molar-refractivity contribution in [3.63, 3.8) is 0 Å². The molecule has 0 bridgehead atoms. The van der Waals surface area contributed by atoms with E-state index in [4.69, 9.17) is 11.6 Å². The SMILES string of the molecule is Clc1cncnc1-c1cc(C2CC2)[nH]n1. The van der Waals surface area contributed by atoms with Gasteiger partial charge in [-0.15, -0.1) is 0 Å². The van der Waals surface area contributed by atoms with E-state index >= 15 is 0 Å². The third-order valence-electron chi connectivity index (χ3n) is 2.53. The number of nitrogens with zero attached hydrogens (tertiary/aromatic N) is 3. The van der Waals surface area contributed by atoms with Gasteiger partial charge in [0.05, 0.1) is 5.02 Å². The highest BCUT2D eigenvalue weighted by Crippen LogP contribution is 2.40. The number of halogens is 1. The molecule has 0 spiro atoms. The smallest absolute Gasteiger partial charge is 0.116 e. The van der Waals surface area contributed by atoms with E-state index in [0.29, 0.717) is 16.6 Å². The van der Waals surface area contributed by atoms with Crippen molar-refractivity contribution in [3.8, 4) is 11.4 Å². The van der Waals surface area contributed by atoms with Crippen LogP contribution in [0, 0.1) is 0 Å². The third kappa shape index (κ3) is 1.61. The average molecular weight is 221 g/mol. The number of nitrogens with one attached hydrogen (secondary N) is 1. The summed E-state index contributed by atoms with van der Waals surface area (Å²) < 4.78 is 0. The van der Waals surface area contributed by atoms with Gasteiger partial charge in [0.1, 0.15) is 17.7 Å². The lowest BCUT2D eigenvalue weighted by Gasteiger charge is -1.95. The molecule has 76 valence electrons. The first-order valence-corrected chi connectivity index (χ1v) is 5.23. The first-order valence-electron chi connectivity index (χ1n) is 4.86. The molecule has 0 atom stereocenters. The first kappa shape index (κ1) is 8.85. The number of hydrogen-bond donors (Lipinski definition) is 1. The van der Waals surface area contributed by atoms with Crippen LogP contribution < -0.4 is 0 Å². The average Bonchev–Trinajstić information content (AvgIpc) is 2.99. The number of H-pyrrole nitrogens is 1. The molecule has 1 aliphatic rings. The molecule has 1 fully saturated rings. The molecule has 0 radical (unpaired) electrons. The van der Waals surface area contributed by atoms with Crippen LogP contribution in [-0.2, 0) is 0 Å². The largest absolute Gasteiger partial charge is 0.282 e. The number of aromatic amines is 1. The van der Waals surface area contributed by atoms with Gasteiger partial charge >= 0.3 is 0 Å². The first-order chi connectivity index (χ1) is 7.34. The maximum absolute atomic E-state index is 5.98. The molecule has 0 unspecified atom stereocenters. The standard InChI is InChI=1S/C10H9ClN4/c11-7-4-12-5-13-10(7)9-3-8(14-15-9)6-1-2-6/h3-6H,1-2H2,(H,14,15). The minimum absolute atomic E-state index is 0.534. The lowest BCUT2D eigenvalue weighted by Crippen LogP contribution is -1.86. The zero-order chi connectivity index (χ0) is 10.3. The molecule has 1 aliphatic carbocycles. The molecule has 3 rings (SSSR count). The summed E-state index contributed by atoms with van der Waals surface area (Å²) in [5.41, 5.74) is 2.67. The highest BCUT2D eigenvalue weighted by Gasteiger charge is 2.26. The van der Waals surface area contributed by atoms with Crippen molar-refractivity contribution in [2.45, 2.75) is 18.8 Å². The van der Waals surface area contributed by atoms with Crippen LogP contribution in [0.4, 0.5) is 0 Å². The Morgan fingerprint density at radius 3 is 3.00 bits per heavy atom. The third-order valence-corrected chi connectivity index (χ3v) is 2.80. The molecule has 0 saturated heterocycles. The Balaban J connectivity index is 2.01. The van der Waals surface area contributed by atoms with E-state index in [0.717, 1.165) is 5.69 Å².